The van der Waals surface area contributed by atoms with Crippen molar-refractivity contribution in [3.63, 3.8) is 0 Å². The lowest BCUT2D eigenvalue weighted by molar-refractivity contribution is -0.123. The molecule has 0 spiro atoms. The molecule has 2 aromatic carbocycles. The third-order valence-electron chi connectivity index (χ3n) is 5.26. The molecule has 0 aliphatic carbocycles. The molecule has 32 heavy (non-hydrogen) atoms. The van der Waals surface area contributed by atoms with Crippen LogP contribution in [0.2, 0.25) is 0 Å². The van der Waals surface area contributed by atoms with E-state index in [0.29, 0.717) is 29.8 Å². The second kappa shape index (κ2) is 10.5. The molecule has 1 aliphatic heterocycles. The van der Waals surface area contributed by atoms with Crippen LogP contribution >= 0.6 is 0 Å². The number of rotatable bonds is 9. The van der Waals surface area contributed by atoms with E-state index in [2.05, 4.69) is 10.6 Å². The maximum atomic E-state index is 12.8. The Morgan fingerprint density at radius 3 is 2.28 bits per heavy atom. The molecule has 2 N–H and O–H groups in total. The number of amides is 2. The Morgan fingerprint density at radius 1 is 0.969 bits per heavy atom. The quantitative estimate of drug-likeness (QED) is 0.552. The van der Waals surface area contributed by atoms with Gasteiger partial charge in [0.15, 0.2) is 15.6 Å². The van der Waals surface area contributed by atoms with E-state index in [9.17, 15) is 22.8 Å². The molecule has 3 rings (SSSR count). The zero-order valence-electron chi connectivity index (χ0n) is 17.9. The molecule has 0 saturated carbocycles. The number of nitrogens with zero attached hydrogens (tertiary/aromatic N) is 1. The van der Waals surface area contributed by atoms with Gasteiger partial charge in [-0.05, 0) is 25.1 Å². The highest BCUT2D eigenvalue weighted by Gasteiger charge is 2.29. The van der Waals surface area contributed by atoms with Gasteiger partial charge < -0.3 is 10.6 Å². The first kappa shape index (κ1) is 23.6. The number of hydrogen-bond donors (Lipinski definition) is 2. The Bertz CT molecular complexity index is 1090. The van der Waals surface area contributed by atoms with Crippen molar-refractivity contribution in [1.82, 2.24) is 10.2 Å². The Morgan fingerprint density at radius 2 is 1.62 bits per heavy atom. The highest BCUT2D eigenvalue weighted by atomic mass is 32.2. The van der Waals surface area contributed by atoms with Crippen LogP contribution in [0.3, 0.4) is 0 Å². The van der Waals surface area contributed by atoms with Crippen LogP contribution in [0.15, 0.2) is 54.6 Å². The number of carbonyl (C=O) groups excluding carboxylic acids is 3. The van der Waals surface area contributed by atoms with Gasteiger partial charge in [0.05, 0.1) is 30.3 Å². The summed E-state index contributed by atoms with van der Waals surface area (Å²) >= 11 is 0. The first-order chi connectivity index (χ1) is 15.3. The van der Waals surface area contributed by atoms with Crippen LogP contribution in [0.25, 0.3) is 0 Å². The van der Waals surface area contributed by atoms with Crippen molar-refractivity contribution < 1.29 is 22.8 Å². The summed E-state index contributed by atoms with van der Waals surface area (Å²) < 4.78 is 23.1. The SMILES string of the molecule is CCN(CC(=O)Nc1ccccc1C(=O)c1ccccc1)CC(=O)N[C@@H]1CCS(=O)(=O)C1. The maximum absolute atomic E-state index is 12.8. The van der Waals surface area contributed by atoms with E-state index in [1.54, 1.807) is 53.4 Å². The molecule has 0 aromatic heterocycles. The fourth-order valence-electron chi connectivity index (χ4n) is 3.59. The summed E-state index contributed by atoms with van der Waals surface area (Å²) in [6.07, 6.45) is 0.410. The van der Waals surface area contributed by atoms with E-state index >= 15 is 0 Å². The molecule has 0 bridgehead atoms. The largest absolute Gasteiger partial charge is 0.351 e. The predicted molar refractivity (Wildman–Crippen MR) is 122 cm³/mol. The number of benzene rings is 2. The van der Waals surface area contributed by atoms with Gasteiger partial charge in [-0.3, -0.25) is 19.3 Å². The minimum atomic E-state index is -3.08. The molecular formula is C23H27N3O5S. The van der Waals surface area contributed by atoms with Crippen molar-refractivity contribution in [1.29, 1.82) is 0 Å². The number of ketones is 1. The summed E-state index contributed by atoms with van der Waals surface area (Å²) in [6.45, 7) is 2.22. The van der Waals surface area contributed by atoms with Crippen LogP contribution in [0.1, 0.15) is 29.3 Å². The van der Waals surface area contributed by atoms with Gasteiger partial charge in [-0.1, -0.05) is 49.4 Å². The fraction of sp³-hybridized carbons (Fsp3) is 0.348. The van der Waals surface area contributed by atoms with E-state index in [-0.39, 0.29) is 48.2 Å². The zero-order valence-corrected chi connectivity index (χ0v) is 18.7. The van der Waals surface area contributed by atoms with Crippen LogP contribution in [0.4, 0.5) is 5.69 Å². The number of likely N-dealkylation sites (N-methyl/N-ethyl adjacent to an activating group) is 1. The van der Waals surface area contributed by atoms with Crippen LogP contribution in [-0.4, -0.2) is 68.1 Å². The lowest BCUT2D eigenvalue weighted by atomic mass is 10.0. The number of carbonyl (C=O) groups is 3. The summed E-state index contributed by atoms with van der Waals surface area (Å²) in [5, 5.41) is 5.50. The Balaban J connectivity index is 1.58. The molecule has 0 radical (unpaired) electrons. The van der Waals surface area contributed by atoms with Gasteiger partial charge in [0.25, 0.3) is 0 Å². The van der Waals surface area contributed by atoms with Crippen LogP contribution in [0.5, 0.6) is 0 Å². The number of nitrogens with one attached hydrogen (secondary N) is 2. The lowest BCUT2D eigenvalue weighted by Gasteiger charge is -2.21. The van der Waals surface area contributed by atoms with Crippen LogP contribution < -0.4 is 10.6 Å². The number of sulfone groups is 1. The molecule has 1 heterocycles. The van der Waals surface area contributed by atoms with Gasteiger partial charge in [-0.15, -0.1) is 0 Å². The van der Waals surface area contributed by atoms with E-state index in [0.717, 1.165) is 0 Å². The highest BCUT2D eigenvalue weighted by Crippen LogP contribution is 2.19. The zero-order chi connectivity index (χ0) is 23.1. The average molecular weight is 458 g/mol. The van der Waals surface area contributed by atoms with Gasteiger partial charge in [-0.25, -0.2) is 8.42 Å². The molecule has 170 valence electrons. The van der Waals surface area contributed by atoms with Crippen LogP contribution in [-0.2, 0) is 19.4 Å². The highest BCUT2D eigenvalue weighted by molar-refractivity contribution is 7.91. The van der Waals surface area contributed by atoms with Crippen molar-refractivity contribution in [2.45, 2.75) is 19.4 Å². The smallest absolute Gasteiger partial charge is 0.238 e. The fourth-order valence-corrected chi connectivity index (χ4v) is 5.27. The number of hydrogen-bond acceptors (Lipinski definition) is 6. The third-order valence-corrected chi connectivity index (χ3v) is 7.03. The molecule has 8 nitrogen and oxygen atoms in total. The molecule has 0 unspecified atom stereocenters. The second-order valence-corrected chi connectivity index (χ2v) is 9.99. The number of para-hydroxylation sites is 1. The maximum Gasteiger partial charge on any atom is 0.238 e. The molecule has 2 aromatic rings. The molecule has 1 aliphatic rings. The van der Waals surface area contributed by atoms with Crippen molar-refractivity contribution in [2.75, 3.05) is 36.5 Å². The molecule has 1 atom stereocenters. The first-order valence-electron chi connectivity index (χ1n) is 10.5. The van der Waals surface area contributed by atoms with E-state index in [4.69, 9.17) is 0 Å². The molecule has 2 amide bonds. The topological polar surface area (TPSA) is 113 Å². The lowest BCUT2D eigenvalue weighted by Crippen LogP contribution is -2.44. The Kier molecular flexibility index (Phi) is 7.76. The third kappa shape index (κ3) is 6.48. The first-order valence-corrected chi connectivity index (χ1v) is 12.3. The molecule has 9 heteroatoms. The van der Waals surface area contributed by atoms with Crippen molar-refractivity contribution in [2.24, 2.45) is 0 Å². The van der Waals surface area contributed by atoms with Gasteiger partial charge in [0.2, 0.25) is 11.8 Å². The Hall–Kier alpha value is -3.04. The monoisotopic (exact) mass is 457 g/mol. The van der Waals surface area contributed by atoms with E-state index < -0.39 is 9.84 Å². The summed E-state index contributed by atoms with van der Waals surface area (Å²) in [5.41, 5.74) is 1.31. The van der Waals surface area contributed by atoms with E-state index in [1.807, 2.05) is 13.0 Å². The summed E-state index contributed by atoms with van der Waals surface area (Å²) in [7, 11) is -3.08. The van der Waals surface area contributed by atoms with Gasteiger partial charge in [-0.2, -0.15) is 0 Å². The minimum Gasteiger partial charge on any atom is -0.351 e. The summed E-state index contributed by atoms with van der Waals surface area (Å²) in [4.78, 5) is 39.4. The average Bonchev–Trinajstić information content (AvgIpc) is 3.11. The summed E-state index contributed by atoms with van der Waals surface area (Å²) in [5.74, 6) is -0.825. The second-order valence-electron chi connectivity index (χ2n) is 7.76. The molecule has 1 saturated heterocycles. The standard InChI is InChI=1S/C23H27N3O5S/c1-2-26(14-21(27)24-18-12-13-32(30,31)16-18)15-22(28)25-20-11-7-6-10-19(20)23(29)17-8-4-3-5-9-17/h3-11,18H,2,12-16H2,1H3,(H,24,27)(H,25,28)/t18-/m1/s1. The normalized spacial score (nSPS) is 17.1. The predicted octanol–water partition coefficient (Wildman–Crippen LogP) is 1.48. The molecular weight excluding hydrogens is 430 g/mol. The summed E-state index contributed by atoms with van der Waals surface area (Å²) in [6, 6.07) is 15.2. The molecule has 1 fully saturated rings. The van der Waals surface area contributed by atoms with Gasteiger partial charge in [0.1, 0.15) is 0 Å². The Labute approximate surface area is 187 Å². The van der Waals surface area contributed by atoms with Crippen molar-refractivity contribution in [3.8, 4) is 0 Å². The minimum absolute atomic E-state index is 0.0228. The van der Waals surface area contributed by atoms with Crippen molar-refractivity contribution in [3.05, 3.63) is 65.7 Å². The van der Waals surface area contributed by atoms with Crippen LogP contribution in [0, 0.1) is 0 Å². The number of anilines is 1. The van der Waals surface area contributed by atoms with Crippen molar-refractivity contribution >= 4 is 33.1 Å². The van der Waals surface area contributed by atoms with Gasteiger partial charge in [0, 0.05) is 17.2 Å². The van der Waals surface area contributed by atoms with Gasteiger partial charge >= 0.3 is 0 Å². The van der Waals surface area contributed by atoms with E-state index in [1.165, 1.54) is 0 Å².